The summed E-state index contributed by atoms with van der Waals surface area (Å²) in [4.78, 5) is 18.5. The van der Waals surface area contributed by atoms with Crippen LogP contribution in [0.4, 0.5) is 5.82 Å². The molecule has 0 spiro atoms. The van der Waals surface area contributed by atoms with Crippen LogP contribution in [0, 0.1) is 0 Å². The maximum Gasteiger partial charge on any atom is 0.341 e. The van der Waals surface area contributed by atoms with Crippen molar-refractivity contribution in [1.82, 2.24) is 9.97 Å². The fraction of sp³-hybridized carbons (Fsp3) is 0.286. The van der Waals surface area contributed by atoms with E-state index in [1.54, 1.807) is 7.05 Å². The molecule has 1 aromatic rings. The topological polar surface area (TPSA) is 75.1 Å². The molecule has 0 unspecified atom stereocenters. The number of hydrogen-bond acceptors (Lipinski definition) is 5. The van der Waals surface area contributed by atoms with Gasteiger partial charge in [0.15, 0.2) is 5.16 Å². The molecule has 1 aromatic heterocycles. The summed E-state index contributed by atoms with van der Waals surface area (Å²) in [6.07, 6.45) is 3.13. The molecular weight excluding hydrogens is 190 g/mol. The Morgan fingerprint density at radius 2 is 2.38 bits per heavy atom. The summed E-state index contributed by atoms with van der Waals surface area (Å²) in [5.41, 5.74) is 0.0836. The first-order valence-electron chi connectivity index (χ1n) is 3.51. The third kappa shape index (κ3) is 2.09. The standard InChI is InChI=1S/C7H9N3O2S/c1-8-5-4(6(11)12)3-9-7(10-5)13-2/h3H,1-2H3,(H,11,12)(H,8,9,10). The van der Waals surface area contributed by atoms with Crippen LogP contribution in [-0.4, -0.2) is 34.3 Å². The summed E-state index contributed by atoms with van der Waals surface area (Å²) in [5, 5.41) is 12.0. The van der Waals surface area contributed by atoms with E-state index in [4.69, 9.17) is 5.11 Å². The third-order valence-corrected chi connectivity index (χ3v) is 1.98. The fourth-order valence-electron chi connectivity index (χ4n) is 0.811. The number of aromatic carboxylic acids is 1. The van der Waals surface area contributed by atoms with Gasteiger partial charge in [0, 0.05) is 13.2 Å². The second-order valence-corrected chi connectivity index (χ2v) is 2.95. The number of hydrogen-bond donors (Lipinski definition) is 2. The van der Waals surface area contributed by atoms with Gasteiger partial charge in [-0.2, -0.15) is 0 Å². The highest BCUT2D eigenvalue weighted by Crippen LogP contribution is 2.15. The van der Waals surface area contributed by atoms with Crippen molar-refractivity contribution in [3.63, 3.8) is 0 Å². The molecule has 1 rings (SSSR count). The second-order valence-electron chi connectivity index (χ2n) is 2.17. The maximum atomic E-state index is 10.7. The molecule has 70 valence electrons. The number of rotatable bonds is 3. The van der Waals surface area contributed by atoms with Crippen molar-refractivity contribution < 1.29 is 9.90 Å². The van der Waals surface area contributed by atoms with Gasteiger partial charge in [0.2, 0.25) is 0 Å². The molecule has 0 amide bonds. The lowest BCUT2D eigenvalue weighted by Gasteiger charge is -2.04. The van der Waals surface area contributed by atoms with Crippen LogP contribution in [0.2, 0.25) is 0 Å². The molecule has 0 aliphatic carbocycles. The third-order valence-electron chi connectivity index (χ3n) is 1.42. The Kier molecular flexibility index (Phi) is 3.07. The molecule has 0 aliphatic rings. The van der Waals surface area contributed by atoms with Crippen LogP contribution < -0.4 is 5.32 Å². The Hall–Kier alpha value is -1.30. The smallest absolute Gasteiger partial charge is 0.341 e. The van der Waals surface area contributed by atoms with Crippen molar-refractivity contribution in [3.05, 3.63) is 11.8 Å². The van der Waals surface area contributed by atoms with E-state index in [-0.39, 0.29) is 5.56 Å². The Balaban J connectivity index is 3.15. The van der Waals surface area contributed by atoms with Gasteiger partial charge in [0.25, 0.3) is 0 Å². The van der Waals surface area contributed by atoms with Crippen LogP contribution in [0.25, 0.3) is 0 Å². The Bertz CT molecular complexity index is 330. The fourth-order valence-corrected chi connectivity index (χ4v) is 1.15. The molecule has 0 aliphatic heterocycles. The van der Waals surface area contributed by atoms with Crippen LogP contribution in [-0.2, 0) is 0 Å². The molecule has 2 N–H and O–H groups in total. The van der Waals surface area contributed by atoms with Gasteiger partial charge in [-0.25, -0.2) is 14.8 Å². The number of carboxylic acid groups (broad SMARTS) is 1. The van der Waals surface area contributed by atoms with Crippen LogP contribution >= 0.6 is 11.8 Å². The summed E-state index contributed by atoms with van der Waals surface area (Å²) in [7, 11) is 1.62. The van der Waals surface area contributed by atoms with Gasteiger partial charge in [-0.1, -0.05) is 11.8 Å². The lowest BCUT2D eigenvalue weighted by Crippen LogP contribution is -2.06. The van der Waals surface area contributed by atoms with Gasteiger partial charge < -0.3 is 10.4 Å². The number of nitrogens with zero attached hydrogens (tertiary/aromatic N) is 2. The van der Waals surface area contributed by atoms with Gasteiger partial charge in [-0.15, -0.1) is 0 Å². The van der Waals surface area contributed by atoms with Crippen molar-refractivity contribution in [1.29, 1.82) is 0 Å². The van der Waals surface area contributed by atoms with Crippen LogP contribution in [0.15, 0.2) is 11.4 Å². The van der Waals surface area contributed by atoms with Crippen molar-refractivity contribution in [2.24, 2.45) is 0 Å². The molecule has 0 atom stereocenters. The van der Waals surface area contributed by atoms with Gasteiger partial charge >= 0.3 is 5.97 Å². The quantitative estimate of drug-likeness (QED) is 0.557. The Morgan fingerprint density at radius 1 is 1.69 bits per heavy atom. The largest absolute Gasteiger partial charge is 0.477 e. The van der Waals surface area contributed by atoms with Crippen LogP contribution in [0.5, 0.6) is 0 Å². The summed E-state index contributed by atoms with van der Waals surface area (Å²) in [5.74, 6) is -0.691. The van der Waals surface area contributed by atoms with Crippen LogP contribution in [0.3, 0.4) is 0 Å². The van der Waals surface area contributed by atoms with E-state index < -0.39 is 5.97 Å². The minimum absolute atomic E-state index is 0.0836. The normalized spacial score (nSPS) is 9.69. The average molecular weight is 199 g/mol. The lowest BCUT2D eigenvalue weighted by atomic mass is 10.3. The Morgan fingerprint density at radius 3 is 2.85 bits per heavy atom. The SMILES string of the molecule is CNc1nc(SC)ncc1C(=O)O. The number of anilines is 1. The number of aromatic nitrogens is 2. The van der Waals surface area contributed by atoms with Gasteiger partial charge in [-0.3, -0.25) is 0 Å². The van der Waals surface area contributed by atoms with E-state index in [2.05, 4.69) is 15.3 Å². The van der Waals surface area contributed by atoms with Gasteiger partial charge in [-0.05, 0) is 6.26 Å². The van der Waals surface area contributed by atoms with E-state index in [0.717, 1.165) is 0 Å². The number of thioether (sulfide) groups is 1. The first kappa shape index (κ1) is 9.79. The highest BCUT2D eigenvalue weighted by molar-refractivity contribution is 7.98. The van der Waals surface area contributed by atoms with Gasteiger partial charge in [0.1, 0.15) is 11.4 Å². The van der Waals surface area contributed by atoms with E-state index in [1.807, 2.05) is 6.26 Å². The number of carboxylic acids is 1. The van der Waals surface area contributed by atoms with Gasteiger partial charge in [0.05, 0.1) is 0 Å². The molecule has 0 saturated carbocycles. The summed E-state index contributed by atoms with van der Waals surface area (Å²) in [6, 6.07) is 0. The lowest BCUT2D eigenvalue weighted by molar-refractivity contribution is 0.0697. The molecule has 0 aromatic carbocycles. The zero-order valence-corrected chi connectivity index (χ0v) is 8.05. The molecule has 5 nitrogen and oxygen atoms in total. The maximum absolute atomic E-state index is 10.7. The molecule has 0 saturated heterocycles. The van der Waals surface area contributed by atoms with Crippen molar-refractivity contribution in [2.75, 3.05) is 18.6 Å². The molecule has 1 heterocycles. The first-order valence-corrected chi connectivity index (χ1v) is 4.73. The summed E-state index contributed by atoms with van der Waals surface area (Å²) < 4.78 is 0. The number of carbonyl (C=O) groups is 1. The number of nitrogens with one attached hydrogen (secondary N) is 1. The summed E-state index contributed by atoms with van der Waals surface area (Å²) in [6.45, 7) is 0. The predicted molar refractivity (Wildman–Crippen MR) is 50.3 cm³/mol. The van der Waals surface area contributed by atoms with Crippen molar-refractivity contribution >= 4 is 23.5 Å². The molecule has 0 radical (unpaired) electrons. The monoisotopic (exact) mass is 199 g/mol. The predicted octanol–water partition coefficient (Wildman–Crippen LogP) is 0.938. The molecular formula is C7H9N3O2S. The van der Waals surface area contributed by atoms with Crippen molar-refractivity contribution in [2.45, 2.75) is 5.16 Å². The summed E-state index contributed by atoms with van der Waals surface area (Å²) >= 11 is 1.36. The van der Waals surface area contributed by atoms with E-state index in [1.165, 1.54) is 18.0 Å². The van der Waals surface area contributed by atoms with Crippen molar-refractivity contribution in [3.8, 4) is 0 Å². The molecule has 0 bridgehead atoms. The molecule has 13 heavy (non-hydrogen) atoms. The zero-order chi connectivity index (χ0) is 9.84. The highest BCUT2D eigenvalue weighted by Gasteiger charge is 2.11. The average Bonchev–Trinajstić information content (AvgIpc) is 2.16. The second kappa shape index (κ2) is 4.08. The van der Waals surface area contributed by atoms with E-state index in [9.17, 15) is 4.79 Å². The minimum Gasteiger partial charge on any atom is -0.477 e. The van der Waals surface area contributed by atoms with Crippen LogP contribution in [0.1, 0.15) is 10.4 Å². The minimum atomic E-state index is -1.03. The molecule has 6 heteroatoms. The Labute approximate surface area is 79.6 Å². The molecule has 0 fully saturated rings. The highest BCUT2D eigenvalue weighted by atomic mass is 32.2. The first-order chi connectivity index (χ1) is 6.19. The van der Waals surface area contributed by atoms with E-state index in [0.29, 0.717) is 11.0 Å². The zero-order valence-electron chi connectivity index (χ0n) is 7.24. The van der Waals surface area contributed by atoms with E-state index >= 15 is 0 Å².